The smallest absolute Gasteiger partial charge is 0.247 e. The Morgan fingerprint density at radius 2 is 1.75 bits per heavy atom. The Kier molecular flexibility index (Phi) is 4.57. The molecule has 1 aromatic rings. The van der Waals surface area contributed by atoms with Gasteiger partial charge in [-0.2, -0.15) is 0 Å². The molecule has 5 aliphatic rings. The van der Waals surface area contributed by atoms with Gasteiger partial charge >= 0.3 is 0 Å². The van der Waals surface area contributed by atoms with Crippen molar-refractivity contribution < 1.29 is 9.59 Å². The first-order chi connectivity index (χ1) is 13.4. The molecule has 1 aliphatic heterocycles. The molecule has 0 spiro atoms. The van der Waals surface area contributed by atoms with Gasteiger partial charge in [0.15, 0.2) is 0 Å². The quantitative estimate of drug-likeness (QED) is 0.719. The SMILES string of the molecule is Cc1cc(Br)ccc1NC(=O)[C@H]1CCCN1C(=O)C12CC3CC(CC(C3)C1)C2. The van der Waals surface area contributed by atoms with E-state index in [1.54, 1.807) is 0 Å². The number of hydrogen-bond donors (Lipinski definition) is 1. The second kappa shape index (κ2) is 6.86. The molecule has 4 aliphatic carbocycles. The van der Waals surface area contributed by atoms with Crippen LogP contribution in [0, 0.1) is 30.1 Å². The third-order valence-corrected chi connectivity index (χ3v) is 8.25. The van der Waals surface area contributed by atoms with E-state index in [1.807, 2.05) is 30.0 Å². The van der Waals surface area contributed by atoms with Crippen LogP contribution >= 0.6 is 15.9 Å². The Hall–Kier alpha value is -1.36. The van der Waals surface area contributed by atoms with Crippen molar-refractivity contribution in [2.75, 3.05) is 11.9 Å². The molecule has 1 saturated heterocycles. The van der Waals surface area contributed by atoms with E-state index in [4.69, 9.17) is 0 Å². The summed E-state index contributed by atoms with van der Waals surface area (Å²) in [5.74, 6) is 2.50. The molecule has 1 atom stereocenters. The maximum Gasteiger partial charge on any atom is 0.247 e. The summed E-state index contributed by atoms with van der Waals surface area (Å²) in [6.07, 6.45) is 8.89. The van der Waals surface area contributed by atoms with Gasteiger partial charge in [-0.3, -0.25) is 9.59 Å². The summed E-state index contributed by atoms with van der Waals surface area (Å²) in [6.45, 7) is 2.73. The van der Waals surface area contributed by atoms with Gasteiger partial charge in [0.2, 0.25) is 11.8 Å². The molecule has 150 valence electrons. The maximum absolute atomic E-state index is 13.7. The van der Waals surface area contributed by atoms with E-state index in [2.05, 4.69) is 21.2 Å². The highest BCUT2D eigenvalue weighted by Gasteiger charge is 2.56. The number of carbonyl (C=O) groups is 2. The highest BCUT2D eigenvalue weighted by Crippen LogP contribution is 2.60. The summed E-state index contributed by atoms with van der Waals surface area (Å²) in [7, 11) is 0. The van der Waals surface area contributed by atoms with Crippen molar-refractivity contribution in [2.24, 2.45) is 23.2 Å². The first-order valence-corrected chi connectivity index (χ1v) is 11.6. The summed E-state index contributed by atoms with van der Waals surface area (Å²) in [5, 5.41) is 3.08. The van der Waals surface area contributed by atoms with Crippen molar-refractivity contribution in [1.29, 1.82) is 0 Å². The van der Waals surface area contributed by atoms with Gasteiger partial charge in [0.1, 0.15) is 6.04 Å². The highest BCUT2D eigenvalue weighted by molar-refractivity contribution is 9.10. The molecular weight excluding hydrogens is 416 g/mol. The number of amides is 2. The molecule has 6 rings (SSSR count). The van der Waals surface area contributed by atoms with Gasteiger partial charge in [0.25, 0.3) is 0 Å². The van der Waals surface area contributed by atoms with Gasteiger partial charge in [-0.25, -0.2) is 0 Å². The number of anilines is 1. The average Bonchev–Trinajstić information content (AvgIpc) is 3.12. The van der Waals surface area contributed by atoms with E-state index >= 15 is 0 Å². The monoisotopic (exact) mass is 444 g/mol. The van der Waals surface area contributed by atoms with Gasteiger partial charge in [-0.15, -0.1) is 0 Å². The number of nitrogens with zero attached hydrogens (tertiary/aromatic N) is 1. The molecule has 0 radical (unpaired) electrons. The number of aryl methyl sites for hydroxylation is 1. The minimum atomic E-state index is -0.316. The summed E-state index contributed by atoms with van der Waals surface area (Å²) in [5.41, 5.74) is 1.70. The first-order valence-electron chi connectivity index (χ1n) is 10.8. The van der Waals surface area contributed by atoms with Gasteiger partial charge in [-0.1, -0.05) is 15.9 Å². The van der Waals surface area contributed by atoms with E-state index in [0.29, 0.717) is 0 Å². The van der Waals surface area contributed by atoms with Crippen LogP contribution in [-0.4, -0.2) is 29.3 Å². The van der Waals surface area contributed by atoms with E-state index < -0.39 is 0 Å². The molecule has 4 nitrogen and oxygen atoms in total. The molecule has 1 aromatic carbocycles. The average molecular weight is 445 g/mol. The van der Waals surface area contributed by atoms with Gasteiger partial charge in [0, 0.05) is 16.7 Å². The lowest BCUT2D eigenvalue weighted by Gasteiger charge is -2.56. The summed E-state index contributed by atoms with van der Waals surface area (Å²) >= 11 is 3.47. The fourth-order valence-corrected chi connectivity index (χ4v) is 7.42. The fourth-order valence-electron chi connectivity index (χ4n) is 6.94. The van der Waals surface area contributed by atoms with Crippen LogP contribution in [0.5, 0.6) is 0 Å². The van der Waals surface area contributed by atoms with Crippen LogP contribution in [0.2, 0.25) is 0 Å². The minimum Gasteiger partial charge on any atom is -0.330 e. The highest BCUT2D eigenvalue weighted by atomic mass is 79.9. The lowest BCUT2D eigenvalue weighted by Crippen LogP contribution is -2.56. The molecular formula is C23H29BrN2O2. The molecule has 4 saturated carbocycles. The third-order valence-electron chi connectivity index (χ3n) is 7.75. The Morgan fingerprint density at radius 1 is 1.11 bits per heavy atom. The number of nitrogens with one attached hydrogen (secondary N) is 1. The van der Waals surface area contributed by atoms with Crippen molar-refractivity contribution in [1.82, 2.24) is 4.90 Å². The summed E-state index contributed by atoms with van der Waals surface area (Å²) in [6, 6.07) is 5.55. The lowest BCUT2D eigenvalue weighted by molar-refractivity contribution is -0.160. The molecule has 0 aromatic heterocycles. The Morgan fingerprint density at radius 3 is 2.36 bits per heavy atom. The number of carbonyl (C=O) groups excluding carboxylic acids is 2. The predicted molar refractivity (Wildman–Crippen MR) is 113 cm³/mol. The van der Waals surface area contributed by atoms with Crippen LogP contribution in [0.25, 0.3) is 0 Å². The van der Waals surface area contributed by atoms with Crippen molar-refractivity contribution in [3.63, 3.8) is 0 Å². The van der Waals surface area contributed by atoms with Crippen LogP contribution in [0.15, 0.2) is 22.7 Å². The van der Waals surface area contributed by atoms with E-state index in [1.165, 1.54) is 19.3 Å². The zero-order chi connectivity index (χ0) is 19.5. The van der Waals surface area contributed by atoms with Gasteiger partial charge in [-0.05, 0) is 99.8 Å². The third kappa shape index (κ3) is 3.10. The van der Waals surface area contributed by atoms with Crippen LogP contribution in [0.4, 0.5) is 5.69 Å². The molecule has 0 unspecified atom stereocenters. The topological polar surface area (TPSA) is 49.4 Å². The first kappa shape index (κ1) is 18.7. The van der Waals surface area contributed by atoms with Gasteiger partial charge in [0.05, 0.1) is 5.41 Å². The number of halogens is 1. The van der Waals surface area contributed by atoms with Crippen LogP contribution in [-0.2, 0) is 9.59 Å². The van der Waals surface area contributed by atoms with Crippen LogP contribution in [0.1, 0.15) is 56.9 Å². The van der Waals surface area contributed by atoms with E-state index in [0.717, 1.165) is 72.1 Å². The zero-order valence-corrected chi connectivity index (χ0v) is 18.1. The second-order valence-electron chi connectivity index (χ2n) is 9.80. The Labute approximate surface area is 175 Å². The van der Waals surface area contributed by atoms with Crippen molar-refractivity contribution in [3.8, 4) is 0 Å². The number of rotatable bonds is 3. The molecule has 5 heteroatoms. The molecule has 5 fully saturated rings. The van der Waals surface area contributed by atoms with Crippen molar-refractivity contribution in [3.05, 3.63) is 28.2 Å². The molecule has 1 heterocycles. The molecule has 1 N–H and O–H groups in total. The number of hydrogen-bond acceptors (Lipinski definition) is 2. The number of benzene rings is 1. The van der Waals surface area contributed by atoms with Crippen molar-refractivity contribution >= 4 is 33.4 Å². The fraction of sp³-hybridized carbons (Fsp3) is 0.652. The standard InChI is InChI=1S/C23H29BrN2O2/c1-14-7-18(24)4-5-19(14)25-21(27)20-3-2-6-26(20)22(28)23-11-15-8-16(12-23)10-17(9-15)13-23/h4-5,7,15-17,20H,2-3,6,8-13H2,1H3,(H,25,27)/t15?,16?,17?,20-,23?/m1/s1. The lowest BCUT2D eigenvalue weighted by atomic mass is 9.49. The Bertz CT molecular complexity index is 786. The van der Waals surface area contributed by atoms with Crippen LogP contribution < -0.4 is 5.32 Å². The van der Waals surface area contributed by atoms with Crippen molar-refractivity contribution in [2.45, 2.75) is 64.3 Å². The van der Waals surface area contributed by atoms with E-state index in [9.17, 15) is 9.59 Å². The summed E-state index contributed by atoms with van der Waals surface area (Å²) < 4.78 is 1.00. The molecule has 4 bridgehead atoms. The second-order valence-corrected chi connectivity index (χ2v) is 10.7. The zero-order valence-electron chi connectivity index (χ0n) is 16.5. The largest absolute Gasteiger partial charge is 0.330 e. The summed E-state index contributed by atoms with van der Waals surface area (Å²) in [4.78, 5) is 28.7. The van der Waals surface area contributed by atoms with Gasteiger partial charge < -0.3 is 10.2 Å². The normalized spacial score (nSPS) is 36.0. The van der Waals surface area contributed by atoms with E-state index in [-0.39, 0.29) is 23.3 Å². The minimum absolute atomic E-state index is 0.0269. The molecule has 2 amide bonds. The van der Waals surface area contributed by atoms with Crippen LogP contribution in [0.3, 0.4) is 0 Å². The molecule has 28 heavy (non-hydrogen) atoms. The number of likely N-dealkylation sites (tertiary alicyclic amines) is 1. The predicted octanol–water partition coefficient (Wildman–Crippen LogP) is 4.90. The Balaban J connectivity index is 1.34. The maximum atomic E-state index is 13.7.